The van der Waals surface area contributed by atoms with Gasteiger partial charge in [0, 0.05) is 17.2 Å². The van der Waals surface area contributed by atoms with Crippen LogP contribution in [-0.2, 0) is 14.6 Å². The topological polar surface area (TPSA) is 92.3 Å². The molecule has 0 heterocycles. The fraction of sp³-hybridized carbons (Fsp3) is 0.385. The molecule has 0 aromatic heterocycles. The minimum Gasteiger partial charge on any atom is -0.273 e. The summed E-state index contributed by atoms with van der Waals surface area (Å²) in [5.41, 5.74) is 4.06. The van der Waals surface area contributed by atoms with Crippen molar-refractivity contribution in [2.75, 3.05) is 6.26 Å². The van der Waals surface area contributed by atoms with E-state index in [0.717, 1.165) is 6.26 Å². The summed E-state index contributed by atoms with van der Waals surface area (Å²) in [6.07, 6.45) is 1.06. The van der Waals surface area contributed by atoms with Crippen molar-refractivity contribution in [3.63, 3.8) is 0 Å². The Balaban J connectivity index is 2.82. The molecule has 0 fully saturated rings. The Bertz CT molecular complexity index is 630. The van der Waals surface area contributed by atoms with Crippen LogP contribution >= 0.6 is 0 Å². The van der Waals surface area contributed by atoms with Gasteiger partial charge >= 0.3 is 0 Å². The molecule has 1 aromatic rings. The number of hydrogen-bond acceptors (Lipinski definition) is 4. The first-order chi connectivity index (χ1) is 9.01. The van der Waals surface area contributed by atoms with Gasteiger partial charge in [-0.1, -0.05) is 26.8 Å². The van der Waals surface area contributed by atoms with Crippen LogP contribution < -0.4 is 10.9 Å². The van der Waals surface area contributed by atoms with Crippen molar-refractivity contribution in [3.05, 3.63) is 29.8 Å². The van der Waals surface area contributed by atoms with Gasteiger partial charge in [0.25, 0.3) is 5.91 Å². The lowest BCUT2D eigenvalue weighted by molar-refractivity contribution is -0.129. The first-order valence-electron chi connectivity index (χ1n) is 5.93. The number of benzene rings is 1. The summed E-state index contributed by atoms with van der Waals surface area (Å²) in [6, 6.07) is 5.60. The van der Waals surface area contributed by atoms with E-state index in [9.17, 15) is 18.0 Å². The van der Waals surface area contributed by atoms with Crippen LogP contribution in [0.4, 0.5) is 0 Å². The molecule has 0 radical (unpaired) electrons. The van der Waals surface area contributed by atoms with Crippen LogP contribution in [0.15, 0.2) is 29.2 Å². The smallest absolute Gasteiger partial charge is 0.269 e. The maximum atomic E-state index is 11.8. The van der Waals surface area contributed by atoms with Crippen molar-refractivity contribution >= 4 is 21.7 Å². The SMILES string of the molecule is CC(C)(C)C(=O)NNC(=O)c1cccc(S(C)(=O)=O)c1. The Morgan fingerprint density at radius 2 is 1.70 bits per heavy atom. The quantitative estimate of drug-likeness (QED) is 0.793. The predicted molar refractivity (Wildman–Crippen MR) is 74.6 cm³/mol. The predicted octanol–water partition coefficient (Wildman–Crippen LogP) is 0.897. The summed E-state index contributed by atoms with van der Waals surface area (Å²) in [5, 5.41) is 0. The maximum absolute atomic E-state index is 11.8. The van der Waals surface area contributed by atoms with Crippen LogP contribution in [0.2, 0.25) is 0 Å². The summed E-state index contributed by atoms with van der Waals surface area (Å²) in [5.74, 6) is -0.918. The number of hydrogen-bond donors (Lipinski definition) is 2. The van der Waals surface area contributed by atoms with Crippen LogP contribution in [0.1, 0.15) is 31.1 Å². The highest BCUT2D eigenvalue weighted by molar-refractivity contribution is 7.90. The number of rotatable bonds is 2. The molecule has 0 atom stereocenters. The normalized spacial score (nSPS) is 11.8. The molecule has 0 aliphatic heterocycles. The average molecular weight is 298 g/mol. The van der Waals surface area contributed by atoms with Gasteiger partial charge in [-0.2, -0.15) is 0 Å². The van der Waals surface area contributed by atoms with Gasteiger partial charge in [-0.25, -0.2) is 8.42 Å². The lowest BCUT2D eigenvalue weighted by Crippen LogP contribution is -2.46. The molecule has 20 heavy (non-hydrogen) atoms. The van der Waals surface area contributed by atoms with Gasteiger partial charge in [0.1, 0.15) is 0 Å². The summed E-state index contributed by atoms with van der Waals surface area (Å²) < 4.78 is 22.8. The second kappa shape index (κ2) is 5.62. The number of amides is 2. The highest BCUT2D eigenvalue weighted by Crippen LogP contribution is 2.13. The molecule has 0 aliphatic carbocycles. The molecule has 0 unspecified atom stereocenters. The van der Waals surface area contributed by atoms with Crippen LogP contribution in [0, 0.1) is 5.41 Å². The Labute approximate surface area is 118 Å². The van der Waals surface area contributed by atoms with Gasteiger partial charge in [0.2, 0.25) is 5.91 Å². The van der Waals surface area contributed by atoms with E-state index in [0.29, 0.717) is 0 Å². The van der Waals surface area contributed by atoms with Crippen molar-refractivity contribution in [2.24, 2.45) is 5.41 Å². The van der Waals surface area contributed by atoms with Gasteiger partial charge in [-0.15, -0.1) is 0 Å². The third-order valence-corrected chi connectivity index (χ3v) is 3.61. The number of nitrogens with one attached hydrogen (secondary N) is 2. The van der Waals surface area contributed by atoms with Crippen LogP contribution in [-0.4, -0.2) is 26.5 Å². The minimum atomic E-state index is -3.38. The standard InChI is InChI=1S/C13H18N2O4S/c1-13(2,3)12(17)15-14-11(16)9-6-5-7-10(8-9)20(4,18)19/h5-8H,1-4H3,(H,14,16)(H,15,17). The van der Waals surface area contributed by atoms with Crippen molar-refractivity contribution in [1.82, 2.24) is 10.9 Å². The Hall–Kier alpha value is -1.89. The zero-order chi connectivity index (χ0) is 15.6. The van der Waals surface area contributed by atoms with Gasteiger partial charge in [-0.3, -0.25) is 20.4 Å². The fourth-order valence-electron chi connectivity index (χ4n) is 1.24. The molecule has 0 bridgehead atoms. The minimum absolute atomic E-state index is 0.0484. The largest absolute Gasteiger partial charge is 0.273 e. The number of carbonyl (C=O) groups is 2. The molecule has 1 aromatic carbocycles. The number of sulfone groups is 1. The monoisotopic (exact) mass is 298 g/mol. The second-order valence-corrected chi connectivity index (χ2v) is 7.47. The van der Waals surface area contributed by atoms with E-state index in [1.165, 1.54) is 24.3 Å². The van der Waals surface area contributed by atoms with E-state index in [-0.39, 0.29) is 16.4 Å². The highest BCUT2D eigenvalue weighted by atomic mass is 32.2. The van der Waals surface area contributed by atoms with Gasteiger partial charge in [-0.05, 0) is 18.2 Å². The maximum Gasteiger partial charge on any atom is 0.269 e. The molecule has 7 heteroatoms. The van der Waals surface area contributed by atoms with Crippen molar-refractivity contribution in [1.29, 1.82) is 0 Å². The molecule has 0 aliphatic rings. The average Bonchev–Trinajstić information content (AvgIpc) is 2.33. The van der Waals surface area contributed by atoms with E-state index in [1.807, 2.05) is 0 Å². The molecule has 1 rings (SSSR count). The third-order valence-electron chi connectivity index (χ3n) is 2.50. The zero-order valence-corrected chi connectivity index (χ0v) is 12.7. The molecule has 0 spiro atoms. The van der Waals surface area contributed by atoms with E-state index < -0.39 is 21.2 Å². The van der Waals surface area contributed by atoms with Crippen molar-refractivity contribution in [2.45, 2.75) is 25.7 Å². The molecule has 2 N–H and O–H groups in total. The summed E-state index contributed by atoms with van der Waals surface area (Å²) in [4.78, 5) is 23.5. The number of carbonyl (C=O) groups excluding carboxylic acids is 2. The van der Waals surface area contributed by atoms with Gasteiger partial charge in [0.05, 0.1) is 4.90 Å². The lowest BCUT2D eigenvalue weighted by Gasteiger charge is -2.17. The molecule has 110 valence electrons. The third kappa shape index (κ3) is 4.34. The molecule has 0 saturated heterocycles. The molecular weight excluding hydrogens is 280 g/mol. The van der Waals surface area contributed by atoms with Gasteiger partial charge in [0.15, 0.2) is 9.84 Å². The number of hydrazine groups is 1. The molecule has 6 nitrogen and oxygen atoms in total. The Morgan fingerprint density at radius 3 is 2.20 bits per heavy atom. The summed E-state index contributed by atoms with van der Waals surface area (Å²) in [7, 11) is -3.38. The summed E-state index contributed by atoms with van der Waals surface area (Å²) >= 11 is 0. The fourth-order valence-corrected chi connectivity index (χ4v) is 1.91. The lowest BCUT2D eigenvalue weighted by atomic mass is 9.96. The molecule has 0 saturated carbocycles. The Kier molecular flexibility index (Phi) is 4.54. The highest BCUT2D eigenvalue weighted by Gasteiger charge is 2.21. The van der Waals surface area contributed by atoms with E-state index in [1.54, 1.807) is 20.8 Å². The first kappa shape index (κ1) is 16.2. The van der Waals surface area contributed by atoms with Crippen LogP contribution in [0.5, 0.6) is 0 Å². The van der Waals surface area contributed by atoms with Crippen LogP contribution in [0.3, 0.4) is 0 Å². The van der Waals surface area contributed by atoms with Crippen LogP contribution in [0.25, 0.3) is 0 Å². The van der Waals surface area contributed by atoms with E-state index in [2.05, 4.69) is 10.9 Å². The first-order valence-corrected chi connectivity index (χ1v) is 7.82. The van der Waals surface area contributed by atoms with E-state index >= 15 is 0 Å². The molecule has 2 amide bonds. The second-order valence-electron chi connectivity index (χ2n) is 5.46. The zero-order valence-electron chi connectivity index (χ0n) is 11.9. The summed E-state index contributed by atoms with van der Waals surface area (Å²) in [6.45, 7) is 5.12. The van der Waals surface area contributed by atoms with Gasteiger partial charge < -0.3 is 0 Å². The van der Waals surface area contributed by atoms with Crippen molar-refractivity contribution in [3.8, 4) is 0 Å². The van der Waals surface area contributed by atoms with E-state index in [4.69, 9.17) is 0 Å². The Morgan fingerprint density at radius 1 is 1.10 bits per heavy atom. The van der Waals surface area contributed by atoms with Crippen molar-refractivity contribution < 1.29 is 18.0 Å². The molecular formula is C13H18N2O4S.